The third-order valence-corrected chi connectivity index (χ3v) is 6.62. The van der Waals surface area contributed by atoms with Crippen molar-refractivity contribution >= 4 is 25.4 Å². The van der Waals surface area contributed by atoms with Crippen molar-refractivity contribution in [2.24, 2.45) is 5.41 Å². The Hall–Kier alpha value is -0.110. The fourth-order valence-electron chi connectivity index (χ4n) is 2.24. The lowest BCUT2D eigenvalue weighted by Gasteiger charge is -2.40. The monoisotopic (exact) mass is 383 g/mol. The van der Waals surface area contributed by atoms with Crippen LogP contribution in [-0.4, -0.2) is 65.4 Å². The van der Waals surface area contributed by atoms with Crippen molar-refractivity contribution in [1.82, 2.24) is 4.31 Å². The van der Waals surface area contributed by atoms with Gasteiger partial charge < -0.3 is 4.74 Å². The molecule has 0 aromatic heterocycles. The molecule has 0 amide bonds. The molecule has 0 spiro atoms. The molecule has 0 aliphatic rings. The van der Waals surface area contributed by atoms with Gasteiger partial charge in [0.25, 0.3) is 0 Å². The van der Waals surface area contributed by atoms with Gasteiger partial charge in [0.2, 0.25) is 0 Å². The highest BCUT2D eigenvalue weighted by molar-refractivity contribution is 7.97. The molecule has 1 unspecified atom stereocenters. The Morgan fingerprint density at radius 1 is 1.04 bits per heavy atom. The third-order valence-electron chi connectivity index (χ3n) is 4.01. The van der Waals surface area contributed by atoms with Gasteiger partial charge in [0.15, 0.2) is 0 Å². The number of ether oxygens (including phenoxy) is 1. The van der Waals surface area contributed by atoms with Gasteiger partial charge in [0.05, 0.1) is 18.0 Å². The van der Waals surface area contributed by atoms with E-state index >= 15 is 0 Å². The van der Waals surface area contributed by atoms with Gasteiger partial charge in [-0.3, -0.25) is 4.21 Å². The van der Waals surface area contributed by atoms with Crippen LogP contribution in [0.3, 0.4) is 0 Å². The lowest BCUT2D eigenvalue weighted by Crippen LogP contribution is -2.50. The van der Waals surface area contributed by atoms with Crippen LogP contribution < -0.4 is 0 Å². The second-order valence-corrected chi connectivity index (χ2v) is 13.5. The van der Waals surface area contributed by atoms with Crippen LogP contribution in [0.25, 0.3) is 0 Å². The summed E-state index contributed by atoms with van der Waals surface area (Å²) in [5.41, 5.74) is -0.417. The number of rotatable bonds is 8. The summed E-state index contributed by atoms with van der Waals surface area (Å²) < 4.78 is 43.7. The lowest BCUT2D eigenvalue weighted by atomic mass is 9.90. The van der Waals surface area contributed by atoms with Crippen LogP contribution >= 0.6 is 0 Å². The molecule has 24 heavy (non-hydrogen) atoms. The molecule has 3 atom stereocenters. The minimum absolute atomic E-state index is 0.0502. The highest BCUT2D eigenvalue weighted by Gasteiger charge is 2.32. The standard InChI is InChI=1S/C17H37NO4S2/c1-14(16(2,3)4)22-15(11-12-24(10,20)21)13-18(17(5,6)7)23(8,9)19/h14-15H,8,11-13H2,1-7,9-10H3/t14-,15-,23?/m0/s1. The average Bonchev–Trinajstić information content (AvgIpc) is 2.26. The number of hydrogen-bond donors (Lipinski definition) is 0. The second kappa shape index (κ2) is 8.06. The van der Waals surface area contributed by atoms with Gasteiger partial charge in [-0.15, -0.1) is 0 Å². The van der Waals surface area contributed by atoms with Gasteiger partial charge >= 0.3 is 0 Å². The summed E-state index contributed by atoms with van der Waals surface area (Å²) >= 11 is 0. The summed E-state index contributed by atoms with van der Waals surface area (Å²) in [7, 11) is -5.52. The molecule has 146 valence electrons. The first-order chi connectivity index (χ1) is 10.3. The van der Waals surface area contributed by atoms with E-state index in [1.807, 2.05) is 32.0 Å². The predicted molar refractivity (Wildman–Crippen MR) is 106 cm³/mol. The van der Waals surface area contributed by atoms with Crippen molar-refractivity contribution in [3.8, 4) is 0 Å². The first kappa shape index (κ1) is 23.9. The van der Waals surface area contributed by atoms with Crippen molar-refractivity contribution in [2.75, 3.05) is 24.8 Å². The maximum atomic E-state index is 12.6. The number of hydrogen-bond acceptors (Lipinski definition) is 4. The number of sulfone groups is 1. The summed E-state index contributed by atoms with van der Waals surface area (Å²) in [6, 6.07) is 0. The largest absolute Gasteiger partial charge is 0.373 e. The molecule has 0 radical (unpaired) electrons. The molecular weight excluding hydrogens is 346 g/mol. The number of nitrogens with zero attached hydrogens (tertiary/aromatic N) is 1. The molecule has 0 aliphatic carbocycles. The van der Waals surface area contributed by atoms with Gasteiger partial charge in [-0.2, -0.15) is 0 Å². The molecule has 0 saturated heterocycles. The van der Waals surface area contributed by atoms with E-state index in [1.165, 1.54) is 6.26 Å². The summed E-state index contributed by atoms with van der Waals surface area (Å²) in [5.74, 6) is 3.86. The van der Waals surface area contributed by atoms with E-state index < -0.39 is 19.5 Å². The van der Waals surface area contributed by atoms with Gasteiger partial charge in [-0.05, 0) is 45.4 Å². The van der Waals surface area contributed by atoms with E-state index in [-0.39, 0.29) is 28.9 Å². The maximum Gasteiger partial charge on any atom is 0.147 e. The molecule has 0 saturated carbocycles. The van der Waals surface area contributed by atoms with Gasteiger partial charge in [0.1, 0.15) is 9.84 Å². The SMILES string of the molecule is C=S(C)(=O)N(C[C@H](CCS(C)(=O)=O)O[C@@H](C)C(C)(C)C)C(C)(C)C. The lowest BCUT2D eigenvalue weighted by molar-refractivity contribution is -0.0653. The van der Waals surface area contributed by atoms with Gasteiger partial charge in [-0.25, -0.2) is 12.7 Å². The average molecular weight is 384 g/mol. The van der Waals surface area contributed by atoms with E-state index in [0.29, 0.717) is 13.0 Å². The molecule has 7 heteroatoms. The van der Waals surface area contributed by atoms with E-state index in [9.17, 15) is 12.6 Å². The quantitative estimate of drug-likeness (QED) is 0.604. The van der Waals surface area contributed by atoms with Gasteiger partial charge in [0, 0.05) is 34.3 Å². The molecule has 0 aliphatic heterocycles. The van der Waals surface area contributed by atoms with Gasteiger partial charge in [-0.1, -0.05) is 20.8 Å². The molecule has 0 heterocycles. The Kier molecular flexibility index (Phi) is 8.02. The van der Waals surface area contributed by atoms with Crippen LogP contribution in [0.2, 0.25) is 0 Å². The molecule has 5 nitrogen and oxygen atoms in total. The van der Waals surface area contributed by atoms with E-state index in [1.54, 1.807) is 6.26 Å². The molecule has 0 N–H and O–H groups in total. The highest BCUT2D eigenvalue weighted by atomic mass is 32.2. The topological polar surface area (TPSA) is 63.7 Å². The van der Waals surface area contributed by atoms with Crippen LogP contribution in [0.4, 0.5) is 0 Å². The van der Waals surface area contributed by atoms with E-state index in [2.05, 4.69) is 26.6 Å². The Balaban J connectivity index is 5.44. The fourth-order valence-corrected chi connectivity index (χ4v) is 4.57. The first-order valence-corrected chi connectivity index (χ1v) is 12.4. The van der Waals surface area contributed by atoms with Crippen LogP contribution in [0.5, 0.6) is 0 Å². The van der Waals surface area contributed by atoms with Crippen LogP contribution in [0.15, 0.2) is 0 Å². The van der Waals surface area contributed by atoms with Crippen LogP contribution in [0.1, 0.15) is 54.9 Å². The molecule has 0 aromatic rings. The van der Waals surface area contributed by atoms with Crippen molar-refractivity contribution < 1.29 is 17.4 Å². The third kappa shape index (κ3) is 9.39. The van der Waals surface area contributed by atoms with Crippen molar-refractivity contribution in [3.63, 3.8) is 0 Å². The summed E-state index contributed by atoms with van der Waals surface area (Å²) in [5, 5.41) is 0. The Bertz CT molecular complexity index is 595. The Labute approximate surface area is 150 Å². The smallest absolute Gasteiger partial charge is 0.147 e. The van der Waals surface area contributed by atoms with Crippen molar-refractivity contribution in [1.29, 1.82) is 0 Å². The predicted octanol–water partition coefficient (Wildman–Crippen LogP) is 2.60. The summed E-state index contributed by atoms with van der Waals surface area (Å²) in [4.78, 5) is 0. The van der Waals surface area contributed by atoms with E-state index in [0.717, 1.165) is 0 Å². The normalized spacial score (nSPS) is 19.1. The Morgan fingerprint density at radius 3 is 1.79 bits per heavy atom. The maximum absolute atomic E-state index is 12.6. The minimum Gasteiger partial charge on any atom is -0.373 e. The van der Waals surface area contributed by atoms with E-state index in [4.69, 9.17) is 4.74 Å². The van der Waals surface area contributed by atoms with Crippen LogP contribution in [-0.2, 0) is 24.3 Å². The fraction of sp³-hybridized carbons (Fsp3) is 0.941. The zero-order valence-electron chi connectivity index (χ0n) is 16.9. The zero-order chi connectivity index (χ0) is 19.6. The first-order valence-electron chi connectivity index (χ1n) is 8.27. The minimum atomic E-state index is -3.08. The summed E-state index contributed by atoms with van der Waals surface area (Å²) in [6.07, 6.45) is 2.83. The van der Waals surface area contributed by atoms with Crippen molar-refractivity contribution in [3.05, 3.63) is 0 Å². The summed E-state index contributed by atoms with van der Waals surface area (Å²) in [6.45, 7) is 14.5. The molecule has 0 rings (SSSR count). The highest BCUT2D eigenvalue weighted by Crippen LogP contribution is 2.26. The molecular formula is C17H37NO4S2. The molecule has 0 bridgehead atoms. The zero-order valence-corrected chi connectivity index (χ0v) is 18.5. The van der Waals surface area contributed by atoms with Crippen molar-refractivity contribution in [2.45, 2.75) is 72.6 Å². The molecule has 0 aromatic carbocycles. The Morgan fingerprint density at radius 2 is 1.50 bits per heavy atom. The van der Waals surface area contributed by atoms with Crippen LogP contribution in [0, 0.1) is 5.41 Å². The second-order valence-electron chi connectivity index (χ2n) is 8.88. The molecule has 0 fully saturated rings.